The second-order valence-electron chi connectivity index (χ2n) is 7.47. The Morgan fingerprint density at radius 2 is 1.79 bits per heavy atom. The van der Waals surface area contributed by atoms with Gasteiger partial charge in [-0.3, -0.25) is 9.69 Å². The van der Waals surface area contributed by atoms with Crippen LogP contribution in [0.3, 0.4) is 0 Å². The molecule has 0 aliphatic carbocycles. The van der Waals surface area contributed by atoms with Crippen molar-refractivity contribution in [3.63, 3.8) is 0 Å². The number of methoxy groups -OCH3 is 2. The first-order valence-electron chi connectivity index (χ1n) is 10.2. The molecule has 2 aliphatic rings. The normalized spacial score (nSPS) is 17.3. The summed E-state index contributed by atoms with van der Waals surface area (Å²) in [4.78, 5) is 39.3. The molecule has 34 heavy (non-hydrogen) atoms. The standard InChI is InChI=1S/C24H21N5O5/c1-33-23(31)20-19(13-6-4-3-5-7-13)15(11-25)22(26)29(21(20)24(32)34-2)14-8-9-16-17(10-14)28-18(30)12-27-16/h3-10,19,27H,12,26H2,1-2H3,(H,28,30). The molecule has 0 bridgehead atoms. The van der Waals surface area contributed by atoms with Gasteiger partial charge < -0.3 is 25.8 Å². The highest BCUT2D eigenvalue weighted by Crippen LogP contribution is 2.44. The second kappa shape index (κ2) is 8.99. The van der Waals surface area contributed by atoms with E-state index in [2.05, 4.69) is 16.7 Å². The lowest BCUT2D eigenvalue weighted by Gasteiger charge is -2.36. The number of ether oxygens (including phenoxy) is 2. The summed E-state index contributed by atoms with van der Waals surface area (Å²) >= 11 is 0. The van der Waals surface area contributed by atoms with Crippen LogP contribution in [-0.4, -0.2) is 38.6 Å². The predicted molar refractivity (Wildman–Crippen MR) is 123 cm³/mol. The maximum Gasteiger partial charge on any atom is 0.355 e. The van der Waals surface area contributed by atoms with E-state index in [4.69, 9.17) is 15.2 Å². The fourth-order valence-electron chi connectivity index (χ4n) is 4.08. The zero-order chi connectivity index (χ0) is 24.4. The van der Waals surface area contributed by atoms with Crippen molar-refractivity contribution in [3.8, 4) is 6.07 Å². The number of nitrogens with one attached hydrogen (secondary N) is 2. The Kier molecular flexibility index (Phi) is 5.93. The van der Waals surface area contributed by atoms with Crippen molar-refractivity contribution < 1.29 is 23.9 Å². The van der Waals surface area contributed by atoms with E-state index in [1.54, 1.807) is 48.5 Å². The van der Waals surface area contributed by atoms with Gasteiger partial charge >= 0.3 is 11.9 Å². The molecule has 0 spiro atoms. The van der Waals surface area contributed by atoms with Crippen LogP contribution in [0.4, 0.5) is 17.1 Å². The first kappa shape index (κ1) is 22.4. The number of carbonyl (C=O) groups is 3. The molecule has 172 valence electrons. The molecule has 2 aromatic carbocycles. The van der Waals surface area contributed by atoms with Gasteiger partial charge in [-0.2, -0.15) is 5.26 Å². The molecule has 0 fully saturated rings. The van der Waals surface area contributed by atoms with Crippen LogP contribution in [0.25, 0.3) is 0 Å². The Morgan fingerprint density at radius 3 is 2.44 bits per heavy atom. The summed E-state index contributed by atoms with van der Waals surface area (Å²) in [7, 11) is 2.36. The molecule has 2 heterocycles. The van der Waals surface area contributed by atoms with Crippen molar-refractivity contribution in [1.29, 1.82) is 5.26 Å². The highest BCUT2D eigenvalue weighted by Gasteiger charge is 2.43. The molecule has 0 aromatic heterocycles. The molecule has 10 heteroatoms. The van der Waals surface area contributed by atoms with Crippen LogP contribution in [0.2, 0.25) is 0 Å². The molecule has 1 atom stereocenters. The Morgan fingerprint density at radius 1 is 1.09 bits per heavy atom. The van der Waals surface area contributed by atoms with E-state index in [-0.39, 0.29) is 35.1 Å². The number of benzene rings is 2. The summed E-state index contributed by atoms with van der Waals surface area (Å²) in [6.45, 7) is 0.120. The van der Waals surface area contributed by atoms with Gasteiger partial charge in [0, 0.05) is 0 Å². The van der Waals surface area contributed by atoms with E-state index in [1.165, 1.54) is 19.1 Å². The van der Waals surface area contributed by atoms with Gasteiger partial charge in [-0.1, -0.05) is 30.3 Å². The molecule has 0 saturated heterocycles. The van der Waals surface area contributed by atoms with Gasteiger partial charge in [-0.15, -0.1) is 0 Å². The quantitative estimate of drug-likeness (QED) is 0.584. The summed E-state index contributed by atoms with van der Waals surface area (Å²) in [5.74, 6) is -2.91. The zero-order valence-electron chi connectivity index (χ0n) is 18.4. The van der Waals surface area contributed by atoms with Crippen LogP contribution in [0, 0.1) is 11.3 Å². The first-order valence-corrected chi connectivity index (χ1v) is 10.2. The summed E-state index contributed by atoms with van der Waals surface area (Å²) in [5, 5.41) is 15.8. The lowest BCUT2D eigenvalue weighted by Crippen LogP contribution is -2.41. The SMILES string of the molecule is COC(=O)C1=C(C(=O)OC)N(c2ccc3c(c2)NC(=O)CN3)C(N)=C(C#N)C1c1ccccc1. The Balaban J connectivity index is 2.01. The van der Waals surface area contributed by atoms with E-state index in [0.29, 0.717) is 22.6 Å². The Bertz CT molecular complexity index is 1290. The third-order valence-electron chi connectivity index (χ3n) is 5.59. The number of amides is 1. The fourth-order valence-corrected chi connectivity index (χ4v) is 4.08. The van der Waals surface area contributed by atoms with Gasteiger partial charge in [0.25, 0.3) is 0 Å². The van der Waals surface area contributed by atoms with Crippen LogP contribution in [0.1, 0.15) is 11.5 Å². The van der Waals surface area contributed by atoms with E-state index in [0.717, 1.165) is 0 Å². The van der Waals surface area contributed by atoms with Crippen LogP contribution in [0.5, 0.6) is 0 Å². The summed E-state index contributed by atoms with van der Waals surface area (Å²) in [6.07, 6.45) is 0. The monoisotopic (exact) mass is 459 g/mol. The van der Waals surface area contributed by atoms with Gasteiger partial charge in [0.05, 0.1) is 61.0 Å². The van der Waals surface area contributed by atoms with E-state index in [1.807, 2.05) is 0 Å². The van der Waals surface area contributed by atoms with Crippen LogP contribution < -0.4 is 21.3 Å². The number of rotatable bonds is 4. The molecule has 4 rings (SSSR count). The molecule has 10 nitrogen and oxygen atoms in total. The number of allylic oxidation sites excluding steroid dienone is 1. The largest absolute Gasteiger partial charge is 0.466 e. The fraction of sp³-hybridized carbons (Fsp3) is 0.167. The molecular weight excluding hydrogens is 438 g/mol. The highest BCUT2D eigenvalue weighted by molar-refractivity contribution is 6.07. The maximum absolute atomic E-state index is 13.1. The minimum absolute atomic E-state index is 0.0548. The van der Waals surface area contributed by atoms with Gasteiger partial charge in [-0.05, 0) is 23.8 Å². The number of nitrogens with zero attached hydrogens (tertiary/aromatic N) is 2. The third kappa shape index (κ3) is 3.69. The maximum atomic E-state index is 13.1. The molecule has 1 unspecified atom stereocenters. The Hall–Kier alpha value is -4.78. The second-order valence-corrected chi connectivity index (χ2v) is 7.47. The summed E-state index contributed by atoms with van der Waals surface area (Å²) in [5.41, 5.74) is 8.28. The van der Waals surface area contributed by atoms with E-state index >= 15 is 0 Å². The molecule has 2 aliphatic heterocycles. The van der Waals surface area contributed by atoms with Crippen LogP contribution >= 0.6 is 0 Å². The van der Waals surface area contributed by atoms with Crippen LogP contribution in [0.15, 0.2) is 71.2 Å². The molecule has 4 N–H and O–H groups in total. The number of nitriles is 1. The number of hydrogen-bond acceptors (Lipinski definition) is 9. The molecule has 2 aromatic rings. The van der Waals surface area contributed by atoms with Crippen molar-refractivity contribution >= 4 is 34.9 Å². The summed E-state index contributed by atoms with van der Waals surface area (Å²) in [6, 6.07) is 15.8. The van der Waals surface area contributed by atoms with E-state index in [9.17, 15) is 19.6 Å². The van der Waals surface area contributed by atoms with Crippen molar-refractivity contribution in [2.75, 3.05) is 36.3 Å². The van der Waals surface area contributed by atoms with E-state index < -0.39 is 17.9 Å². The van der Waals surface area contributed by atoms with Crippen LogP contribution in [-0.2, 0) is 23.9 Å². The lowest BCUT2D eigenvalue weighted by molar-refractivity contribution is -0.139. The lowest BCUT2D eigenvalue weighted by atomic mass is 9.81. The van der Waals surface area contributed by atoms with Gasteiger partial charge in [0.1, 0.15) is 11.5 Å². The molecule has 1 amide bonds. The number of fused-ring (bicyclic) bond motifs is 1. The first-order chi connectivity index (χ1) is 16.4. The van der Waals surface area contributed by atoms with Gasteiger partial charge in [-0.25, -0.2) is 9.59 Å². The number of anilines is 3. The molecule has 0 radical (unpaired) electrons. The minimum atomic E-state index is -0.956. The van der Waals surface area contributed by atoms with Crippen molar-refractivity contribution in [2.24, 2.45) is 5.73 Å². The van der Waals surface area contributed by atoms with Crippen molar-refractivity contribution in [3.05, 3.63) is 76.8 Å². The van der Waals surface area contributed by atoms with Gasteiger partial charge in [0.15, 0.2) is 0 Å². The number of nitrogens with two attached hydrogens (primary N) is 1. The molecule has 0 saturated carbocycles. The highest BCUT2D eigenvalue weighted by atomic mass is 16.5. The number of esters is 2. The van der Waals surface area contributed by atoms with Gasteiger partial charge in [0.2, 0.25) is 5.91 Å². The smallest absolute Gasteiger partial charge is 0.355 e. The molecular formula is C24H21N5O5. The predicted octanol–water partition coefficient (Wildman–Crippen LogP) is 1.95. The van der Waals surface area contributed by atoms with Crippen molar-refractivity contribution in [1.82, 2.24) is 0 Å². The zero-order valence-corrected chi connectivity index (χ0v) is 18.4. The Labute approximate surface area is 195 Å². The number of hydrogen-bond donors (Lipinski definition) is 3. The van der Waals surface area contributed by atoms with Crippen molar-refractivity contribution in [2.45, 2.75) is 5.92 Å². The average Bonchev–Trinajstić information content (AvgIpc) is 2.86. The number of carbonyl (C=O) groups excluding carboxylic acids is 3. The third-order valence-corrected chi connectivity index (χ3v) is 5.59. The average molecular weight is 459 g/mol. The summed E-state index contributed by atoms with van der Waals surface area (Å²) < 4.78 is 10.0. The topological polar surface area (TPSA) is 147 Å². The minimum Gasteiger partial charge on any atom is -0.466 e.